The van der Waals surface area contributed by atoms with Gasteiger partial charge in [0, 0.05) is 16.3 Å². The van der Waals surface area contributed by atoms with Crippen LogP contribution in [-0.2, 0) is 6.42 Å². The number of halogens is 1. The Labute approximate surface area is 128 Å². The van der Waals surface area contributed by atoms with Crippen molar-refractivity contribution < 1.29 is 0 Å². The monoisotopic (exact) mass is 309 g/mol. The summed E-state index contributed by atoms with van der Waals surface area (Å²) in [6, 6.07) is 2.64. The van der Waals surface area contributed by atoms with Crippen LogP contribution in [0.15, 0.2) is 6.07 Å². The molecule has 1 N–H and O–H groups in total. The molecule has 3 nitrogen and oxygen atoms in total. The summed E-state index contributed by atoms with van der Waals surface area (Å²) in [5, 5.41) is 5.03. The summed E-state index contributed by atoms with van der Waals surface area (Å²) >= 11 is 8.05. The largest absolute Gasteiger partial charge is 0.351 e. The third kappa shape index (κ3) is 3.07. The van der Waals surface area contributed by atoms with Gasteiger partial charge in [-0.3, -0.25) is 0 Å². The number of hydrogen-bond acceptors (Lipinski definition) is 4. The lowest BCUT2D eigenvalue weighted by Gasteiger charge is -2.22. The molecule has 1 saturated carbocycles. The van der Waals surface area contributed by atoms with Crippen LogP contribution in [0.25, 0.3) is 10.2 Å². The number of aromatic nitrogens is 2. The van der Waals surface area contributed by atoms with Gasteiger partial charge in [-0.05, 0) is 25.3 Å². The highest BCUT2D eigenvalue weighted by molar-refractivity contribution is 7.18. The first-order chi connectivity index (χ1) is 9.76. The van der Waals surface area contributed by atoms with E-state index in [1.54, 1.807) is 11.3 Å². The Bertz CT molecular complexity index is 590. The molecule has 0 saturated heterocycles. The summed E-state index contributed by atoms with van der Waals surface area (Å²) in [5.41, 5.74) is 0. The van der Waals surface area contributed by atoms with Crippen molar-refractivity contribution in [3.8, 4) is 0 Å². The highest BCUT2D eigenvalue weighted by Gasteiger charge is 2.16. The Morgan fingerprint density at radius 3 is 2.85 bits per heavy atom. The molecule has 0 aliphatic heterocycles. The minimum atomic E-state index is 0.507. The van der Waals surface area contributed by atoms with Crippen LogP contribution in [-0.4, -0.2) is 16.0 Å². The van der Waals surface area contributed by atoms with Crippen LogP contribution in [0, 0.1) is 0 Å². The molecule has 2 aromatic rings. The van der Waals surface area contributed by atoms with Crippen LogP contribution < -0.4 is 5.32 Å². The van der Waals surface area contributed by atoms with E-state index in [1.165, 1.54) is 37.0 Å². The third-order valence-electron chi connectivity index (χ3n) is 3.83. The van der Waals surface area contributed by atoms with Crippen molar-refractivity contribution in [1.29, 1.82) is 0 Å². The minimum absolute atomic E-state index is 0.507. The number of hydrogen-bond donors (Lipinski definition) is 1. The Morgan fingerprint density at radius 2 is 2.10 bits per heavy atom. The number of nitrogens with one attached hydrogen (secondary N) is 1. The van der Waals surface area contributed by atoms with Crippen molar-refractivity contribution in [1.82, 2.24) is 9.97 Å². The fourth-order valence-electron chi connectivity index (χ4n) is 2.80. The van der Waals surface area contributed by atoms with Crippen LogP contribution in [0.1, 0.15) is 50.3 Å². The van der Waals surface area contributed by atoms with E-state index in [2.05, 4.69) is 28.3 Å². The smallest absolute Gasteiger partial charge is 0.225 e. The normalized spacial score (nSPS) is 16.7. The van der Waals surface area contributed by atoms with Gasteiger partial charge in [0.1, 0.15) is 9.98 Å². The maximum absolute atomic E-state index is 6.31. The topological polar surface area (TPSA) is 37.8 Å². The molecule has 0 aromatic carbocycles. The molecule has 0 atom stereocenters. The lowest BCUT2D eigenvalue weighted by Crippen LogP contribution is -2.23. The maximum atomic E-state index is 6.31. The van der Waals surface area contributed by atoms with Gasteiger partial charge in [0.05, 0.1) is 0 Å². The molecule has 1 aliphatic rings. The highest BCUT2D eigenvalue weighted by atomic mass is 35.5. The van der Waals surface area contributed by atoms with E-state index in [9.17, 15) is 0 Å². The molecule has 2 heterocycles. The molecule has 0 spiro atoms. The quantitative estimate of drug-likeness (QED) is 0.804. The third-order valence-corrected chi connectivity index (χ3v) is 5.21. The van der Waals surface area contributed by atoms with Gasteiger partial charge in [0.2, 0.25) is 5.95 Å². The van der Waals surface area contributed by atoms with Crippen LogP contribution in [0.3, 0.4) is 0 Å². The van der Waals surface area contributed by atoms with Gasteiger partial charge in [-0.15, -0.1) is 11.3 Å². The van der Waals surface area contributed by atoms with E-state index in [-0.39, 0.29) is 0 Å². The van der Waals surface area contributed by atoms with Crippen molar-refractivity contribution in [3.63, 3.8) is 0 Å². The van der Waals surface area contributed by atoms with Crippen LogP contribution in [0.2, 0.25) is 5.15 Å². The zero-order valence-corrected chi connectivity index (χ0v) is 13.4. The van der Waals surface area contributed by atoms with Crippen molar-refractivity contribution >= 4 is 39.1 Å². The average Bonchev–Trinajstić information content (AvgIpc) is 2.83. The molecule has 0 amide bonds. The molecular weight excluding hydrogens is 290 g/mol. The predicted octanol–water partition coefficient (Wildman–Crippen LogP) is 5.04. The Morgan fingerprint density at radius 1 is 1.30 bits per heavy atom. The molecular formula is C15H20ClN3S. The second-order valence-corrected chi connectivity index (χ2v) is 6.97. The fourth-order valence-corrected chi connectivity index (χ4v) is 4.21. The molecule has 0 bridgehead atoms. The highest BCUT2D eigenvalue weighted by Crippen LogP contribution is 2.31. The number of fused-ring (bicyclic) bond motifs is 1. The molecule has 108 valence electrons. The molecule has 0 radical (unpaired) electrons. The molecule has 2 aromatic heterocycles. The molecule has 20 heavy (non-hydrogen) atoms. The number of rotatable bonds is 4. The van der Waals surface area contributed by atoms with E-state index in [4.69, 9.17) is 11.6 Å². The number of nitrogens with zero attached hydrogens (tertiary/aromatic N) is 2. The standard InChI is InChI=1S/C15H20ClN3S/c1-2-6-11-9-12-13(16)18-15(19-14(12)20-11)17-10-7-4-3-5-8-10/h9-10H,2-8H2,1H3,(H,17,18,19). The first-order valence-corrected chi connectivity index (χ1v) is 8.68. The molecule has 3 rings (SSSR count). The van der Waals surface area contributed by atoms with Gasteiger partial charge < -0.3 is 5.32 Å². The van der Waals surface area contributed by atoms with Gasteiger partial charge in [-0.2, -0.15) is 0 Å². The fraction of sp³-hybridized carbons (Fsp3) is 0.600. The number of thiophene rings is 1. The maximum Gasteiger partial charge on any atom is 0.225 e. The Kier molecular flexibility index (Phi) is 4.41. The summed E-state index contributed by atoms with van der Waals surface area (Å²) in [4.78, 5) is 11.4. The Balaban J connectivity index is 1.84. The van der Waals surface area contributed by atoms with E-state index in [1.807, 2.05) is 0 Å². The van der Waals surface area contributed by atoms with Crippen molar-refractivity contribution in [2.24, 2.45) is 0 Å². The molecule has 1 fully saturated rings. The second-order valence-electron chi connectivity index (χ2n) is 5.50. The molecule has 5 heteroatoms. The summed E-state index contributed by atoms with van der Waals surface area (Å²) in [5.74, 6) is 0.694. The van der Waals surface area contributed by atoms with Crippen LogP contribution in [0.4, 0.5) is 5.95 Å². The van der Waals surface area contributed by atoms with Gasteiger partial charge >= 0.3 is 0 Å². The first-order valence-electron chi connectivity index (χ1n) is 7.48. The predicted molar refractivity (Wildman–Crippen MR) is 86.9 cm³/mol. The Hall–Kier alpha value is -0.870. The number of aryl methyl sites for hydroxylation is 1. The summed E-state index contributed by atoms with van der Waals surface area (Å²) in [6.07, 6.45) is 8.60. The van der Waals surface area contributed by atoms with E-state index in [0.29, 0.717) is 17.1 Å². The van der Waals surface area contributed by atoms with E-state index < -0.39 is 0 Å². The molecule has 1 aliphatic carbocycles. The summed E-state index contributed by atoms with van der Waals surface area (Å²) in [6.45, 7) is 2.19. The number of anilines is 1. The van der Waals surface area contributed by atoms with Crippen molar-refractivity contribution in [2.75, 3.05) is 5.32 Å². The summed E-state index contributed by atoms with van der Waals surface area (Å²) in [7, 11) is 0. The van der Waals surface area contributed by atoms with E-state index in [0.717, 1.165) is 23.1 Å². The van der Waals surface area contributed by atoms with E-state index >= 15 is 0 Å². The minimum Gasteiger partial charge on any atom is -0.351 e. The van der Waals surface area contributed by atoms with Crippen LogP contribution >= 0.6 is 22.9 Å². The lowest BCUT2D eigenvalue weighted by atomic mass is 9.96. The van der Waals surface area contributed by atoms with Gasteiger partial charge in [-0.25, -0.2) is 9.97 Å². The molecule has 0 unspecified atom stereocenters. The second kappa shape index (κ2) is 6.27. The van der Waals surface area contributed by atoms with Crippen LogP contribution in [0.5, 0.6) is 0 Å². The zero-order valence-electron chi connectivity index (χ0n) is 11.8. The van der Waals surface area contributed by atoms with Crippen molar-refractivity contribution in [3.05, 3.63) is 16.1 Å². The van der Waals surface area contributed by atoms with Gasteiger partial charge in [0.15, 0.2) is 0 Å². The lowest BCUT2D eigenvalue weighted by molar-refractivity contribution is 0.461. The SMILES string of the molecule is CCCc1cc2c(Cl)nc(NC3CCCCC3)nc2s1. The summed E-state index contributed by atoms with van der Waals surface area (Å²) < 4.78 is 0. The zero-order chi connectivity index (χ0) is 13.9. The average molecular weight is 310 g/mol. The van der Waals surface area contributed by atoms with Crippen molar-refractivity contribution in [2.45, 2.75) is 57.9 Å². The van der Waals surface area contributed by atoms with Gasteiger partial charge in [-0.1, -0.05) is 44.2 Å². The van der Waals surface area contributed by atoms with Gasteiger partial charge in [0.25, 0.3) is 0 Å². The first kappa shape index (κ1) is 14.1.